The van der Waals surface area contributed by atoms with Gasteiger partial charge in [0.1, 0.15) is 11.4 Å². The number of aliphatic hydroxyl groups is 1. The molecule has 0 amide bonds. The molecule has 0 aliphatic carbocycles. The van der Waals surface area contributed by atoms with Gasteiger partial charge in [-0.25, -0.2) is 9.97 Å². The second-order valence-electron chi connectivity index (χ2n) is 6.27. The van der Waals surface area contributed by atoms with Crippen molar-refractivity contribution in [3.63, 3.8) is 0 Å². The van der Waals surface area contributed by atoms with E-state index in [1.807, 2.05) is 42.0 Å². The molecule has 3 aromatic rings. The first-order chi connectivity index (χ1) is 12.7. The van der Waals surface area contributed by atoms with E-state index in [0.717, 1.165) is 32.8 Å². The van der Waals surface area contributed by atoms with Crippen LogP contribution in [0.4, 0.5) is 0 Å². The van der Waals surface area contributed by atoms with Crippen LogP contribution >= 0.6 is 23.1 Å². The van der Waals surface area contributed by atoms with Crippen LogP contribution in [0.1, 0.15) is 23.3 Å². The standard InChI is InChI=1S/C19H20N2O3S2/c1-25-18-15-11-26-17(16(15)20-12-21-18)19(22)8-7-14(24-19)10-23-9-13-5-3-2-4-6-13/h2-6,11-12,14,22H,7-10H2,1H3. The normalized spacial score (nSPS) is 22.9. The number of ether oxygens (including phenoxy) is 2. The first kappa shape index (κ1) is 17.9. The van der Waals surface area contributed by atoms with Crippen molar-refractivity contribution in [2.75, 3.05) is 12.9 Å². The summed E-state index contributed by atoms with van der Waals surface area (Å²) in [5.74, 6) is -1.29. The fourth-order valence-electron chi connectivity index (χ4n) is 3.20. The van der Waals surface area contributed by atoms with Gasteiger partial charge < -0.3 is 14.6 Å². The lowest BCUT2D eigenvalue weighted by molar-refractivity contribution is -0.205. The Bertz CT molecular complexity index is 887. The number of benzene rings is 1. The SMILES string of the molecule is CSc1ncnc2c(C3(O)CCC(COCc4ccccc4)O3)scc12. The van der Waals surface area contributed by atoms with Crippen LogP contribution in [0.2, 0.25) is 0 Å². The minimum Gasteiger partial charge on any atom is -0.374 e. The van der Waals surface area contributed by atoms with Crippen molar-refractivity contribution < 1.29 is 14.6 Å². The molecule has 2 atom stereocenters. The van der Waals surface area contributed by atoms with Crippen LogP contribution in [0.25, 0.3) is 10.9 Å². The number of thioether (sulfide) groups is 1. The molecule has 5 nitrogen and oxygen atoms in total. The third-order valence-electron chi connectivity index (χ3n) is 4.49. The lowest BCUT2D eigenvalue weighted by Crippen LogP contribution is -2.26. The highest BCUT2D eigenvalue weighted by Crippen LogP contribution is 2.43. The van der Waals surface area contributed by atoms with Gasteiger partial charge in [-0.1, -0.05) is 30.3 Å². The van der Waals surface area contributed by atoms with Gasteiger partial charge in [0.05, 0.1) is 29.7 Å². The quantitative estimate of drug-likeness (QED) is 0.509. The molecule has 1 N–H and O–H groups in total. The van der Waals surface area contributed by atoms with Gasteiger partial charge in [-0.3, -0.25) is 0 Å². The molecule has 7 heteroatoms. The summed E-state index contributed by atoms with van der Waals surface area (Å²) in [4.78, 5) is 9.43. The Morgan fingerprint density at radius 1 is 1.35 bits per heavy atom. The largest absolute Gasteiger partial charge is 0.374 e. The van der Waals surface area contributed by atoms with E-state index in [2.05, 4.69) is 9.97 Å². The van der Waals surface area contributed by atoms with Crippen molar-refractivity contribution in [1.82, 2.24) is 9.97 Å². The maximum atomic E-state index is 11.1. The molecule has 0 radical (unpaired) electrons. The predicted octanol–water partition coefficient (Wildman–Crippen LogP) is 3.95. The van der Waals surface area contributed by atoms with Gasteiger partial charge in [0, 0.05) is 17.2 Å². The van der Waals surface area contributed by atoms with Crippen LogP contribution in [0.5, 0.6) is 0 Å². The Morgan fingerprint density at radius 3 is 3.00 bits per heavy atom. The topological polar surface area (TPSA) is 64.5 Å². The van der Waals surface area contributed by atoms with Crippen molar-refractivity contribution >= 4 is 34.0 Å². The van der Waals surface area contributed by atoms with Gasteiger partial charge in [0.15, 0.2) is 0 Å². The van der Waals surface area contributed by atoms with Crippen LogP contribution in [0.3, 0.4) is 0 Å². The molecule has 2 aromatic heterocycles. The minimum atomic E-state index is -1.29. The fourth-order valence-corrected chi connectivity index (χ4v) is 4.87. The van der Waals surface area contributed by atoms with Crippen molar-refractivity contribution in [3.8, 4) is 0 Å². The molecule has 0 bridgehead atoms. The maximum Gasteiger partial charge on any atom is 0.204 e. The Kier molecular flexibility index (Phi) is 5.24. The summed E-state index contributed by atoms with van der Waals surface area (Å²) in [5.41, 5.74) is 1.91. The second kappa shape index (κ2) is 7.62. The highest BCUT2D eigenvalue weighted by atomic mass is 32.2. The third-order valence-corrected chi connectivity index (χ3v) is 6.30. The average Bonchev–Trinajstić information content (AvgIpc) is 3.27. The maximum absolute atomic E-state index is 11.1. The predicted molar refractivity (Wildman–Crippen MR) is 103 cm³/mol. The van der Waals surface area contributed by atoms with Gasteiger partial charge in [-0.15, -0.1) is 23.1 Å². The molecule has 26 heavy (non-hydrogen) atoms. The molecule has 1 saturated heterocycles. The highest BCUT2D eigenvalue weighted by molar-refractivity contribution is 7.98. The Labute approximate surface area is 160 Å². The first-order valence-corrected chi connectivity index (χ1v) is 10.6. The van der Waals surface area contributed by atoms with E-state index in [9.17, 15) is 5.11 Å². The summed E-state index contributed by atoms with van der Waals surface area (Å²) in [6.45, 7) is 1.01. The number of aromatic nitrogens is 2. The van der Waals surface area contributed by atoms with E-state index < -0.39 is 5.79 Å². The second-order valence-corrected chi connectivity index (χ2v) is 7.95. The van der Waals surface area contributed by atoms with Gasteiger partial charge in [0.25, 0.3) is 0 Å². The smallest absolute Gasteiger partial charge is 0.204 e. The molecule has 2 unspecified atom stereocenters. The molecule has 1 aromatic carbocycles. The lowest BCUT2D eigenvalue weighted by atomic mass is 10.1. The summed E-state index contributed by atoms with van der Waals surface area (Å²) < 4.78 is 11.8. The molecular weight excluding hydrogens is 368 g/mol. The van der Waals surface area contributed by atoms with Gasteiger partial charge >= 0.3 is 0 Å². The van der Waals surface area contributed by atoms with Crippen LogP contribution < -0.4 is 0 Å². The summed E-state index contributed by atoms with van der Waals surface area (Å²) in [5, 5.41) is 15.0. The van der Waals surface area contributed by atoms with E-state index in [1.165, 1.54) is 11.3 Å². The van der Waals surface area contributed by atoms with E-state index in [-0.39, 0.29) is 6.10 Å². The van der Waals surface area contributed by atoms with Crippen LogP contribution in [0, 0.1) is 0 Å². The van der Waals surface area contributed by atoms with Crippen molar-refractivity contribution in [2.45, 2.75) is 36.4 Å². The number of hydrogen-bond acceptors (Lipinski definition) is 7. The van der Waals surface area contributed by atoms with Crippen LogP contribution in [-0.4, -0.2) is 34.0 Å². The van der Waals surface area contributed by atoms with Crippen LogP contribution in [0.15, 0.2) is 47.1 Å². The number of rotatable bonds is 6. The van der Waals surface area contributed by atoms with Crippen molar-refractivity contribution in [3.05, 3.63) is 52.5 Å². The summed E-state index contributed by atoms with van der Waals surface area (Å²) in [6, 6.07) is 10.0. The van der Waals surface area contributed by atoms with E-state index >= 15 is 0 Å². The highest BCUT2D eigenvalue weighted by Gasteiger charge is 2.42. The Hall–Kier alpha value is -1.51. The monoisotopic (exact) mass is 388 g/mol. The zero-order valence-electron chi connectivity index (χ0n) is 14.4. The summed E-state index contributed by atoms with van der Waals surface area (Å²) in [7, 11) is 0. The van der Waals surface area contributed by atoms with Gasteiger partial charge in [0.2, 0.25) is 5.79 Å². The lowest BCUT2D eigenvalue weighted by Gasteiger charge is -2.22. The molecule has 1 fully saturated rings. The minimum absolute atomic E-state index is 0.122. The van der Waals surface area contributed by atoms with Crippen LogP contribution in [-0.2, 0) is 21.9 Å². The Morgan fingerprint density at radius 2 is 2.19 bits per heavy atom. The van der Waals surface area contributed by atoms with Crippen molar-refractivity contribution in [1.29, 1.82) is 0 Å². The third kappa shape index (κ3) is 3.50. The van der Waals surface area contributed by atoms with Gasteiger partial charge in [-0.2, -0.15) is 0 Å². The zero-order valence-corrected chi connectivity index (χ0v) is 16.1. The first-order valence-electron chi connectivity index (χ1n) is 8.48. The molecule has 136 valence electrons. The zero-order chi connectivity index (χ0) is 18.0. The molecule has 0 saturated carbocycles. The van der Waals surface area contributed by atoms with E-state index in [4.69, 9.17) is 9.47 Å². The van der Waals surface area contributed by atoms with E-state index in [1.54, 1.807) is 18.1 Å². The number of hydrogen-bond donors (Lipinski definition) is 1. The molecule has 4 rings (SSSR count). The number of nitrogens with zero attached hydrogens (tertiary/aromatic N) is 2. The summed E-state index contributed by atoms with van der Waals surface area (Å²) in [6.07, 6.45) is 4.71. The molecule has 1 aliphatic rings. The average molecular weight is 389 g/mol. The number of fused-ring (bicyclic) bond motifs is 1. The fraction of sp³-hybridized carbons (Fsp3) is 0.368. The molecular formula is C19H20N2O3S2. The van der Waals surface area contributed by atoms with E-state index in [0.29, 0.717) is 19.6 Å². The summed E-state index contributed by atoms with van der Waals surface area (Å²) >= 11 is 3.06. The Balaban J connectivity index is 1.44. The molecule has 1 aliphatic heterocycles. The number of thiophene rings is 1. The molecule has 3 heterocycles. The van der Waals surface area contributed by atoms with Gasteiger partial charge in [-0.05, 0) is 18.2 Å². The molecule has 0 spiro atoms. The van der Waals surface area contributed by atoms with Crippen molar-refractivity contribution in [2.24, 2.45) is 0 Å².